The summed E-state index contributed by atoms with van der Waals surface area (Å²) < 4.78 is 3.19. The minimum absolute atomic E-state index is 0.00129. The first-order valence-corrected chi connectivity index (χ1v) is 8.62. The van der Waals surface area contributed by atoms with Crippen molar-refractivity contribution in [1.29, 1.82) is 0 Å². The summed E-state index contributed by atoms with van der Waals surface area (Å²) in [6.07, 6.45) is 7.06. The van der Waals surface area contributed by atoms with Crippen molar-refractivity contribution in [2.75, 3.05) is 24.5 Å². The Morgan fingerprint density at radius 3 is 3.04 bits per heavy atom. The van der Waals surface area contributed by atoms with E-state index in [4.69, 9.17) is 0 Å². The van der Waals surface area contributed by atoms with Gasteiger partial charge in [0.25, 0.3) is 5.56 Å². The Hall–Kier alpha value is -2.64. The van der Waals surface area contributed by atoms with Crippen molar-refractivity contribution in [3.63, 3.8) is 0 Å². The monoisotopic (exact) mass is 344 g/mol. The van der Waals surface area contributed by atoms with Gasteiger partial charge in [0.15, 0.2) is 0 Å². The first kappa shape index (κ1) is 17.2. The molecule has 0 aliphatic carbocycles. The van der Waals surface area contributed by atoms with Gasteiger partial charge in [-0.05, 0) is 12.3 Å². The average molecular weight is 344 g/mol. The molecule has 0 bridgehead atoms. The van der Waals surface area contributed by atoms with E-state index in [0.29, 0.717) is 19.0 Å². The fourth-order valence-corrected chi connectivity index (χ4v) is 3.13. The zero-order valence-corrected chi connectivity index (χ0v) is 14.7. The Balaban J connectivity index is 1.49. The van der Waals surface area contributed by atoms with Gasteiger partial charge in [-0.3, -0.25) is 9.59 Å². The van der Waals surface area contributed by atoms with Crippen molar-refractivity contribution >= 4 is 11.6 Å². The smallest absolute Gasteiger partial charge is 0.268 e. The summed E-state index contributed by atoms with van der Waals surface area (Å²) >= 11 is 0. The molecule has 0 spiro atoms. The van der Waals surface area contributed by atoms with Crippen LogP contribution in [0, 0.1) is 5.92 Å². The first-order chi connectivity index (χ1) is 12.1. The maximum absolute atomic E-state index is 12.1. The second-order valence-corrected chi connectivity index (χ2v) is 6.41. The summed E-state index contributed by atoms with van der Waals surface area (Å²) in [7, 11) is 1.64. The zero-order valence-electron chi connectivity index (χ0n) is 14.7. The number of hydrogen-bond donors (Lipinski definition) is 1. The Labute approximate surface area is 146 Å². The van der Waals surface area contributed by atoms with Crippen LogP contribution in [0.2, 0.25) is 0 Å². The molecule has 1 aliphatic rings. The van der Waals surface area contributed by atoms with Gasteiger partial charge in [0.1, 0.15) is 12.4 Å². The molecule has 0 radical (unpaired) electrons. The lowest BCUT2D eigenvalue weighted by molar-refractivity contribution is -0.121. The van der Waals surface area contributed by atoms with Crippen LogP contribution in [0.5, 0.6) is 0 Å². The number of carbonyl (C=O) groups excluding carboxylic acids is 1. The second-order valence-electron chi connectivity index (χ2n) is 6.41. The van der Waals surface area contributed by atoms with Crippen LogP contribution in [0.15, 0.2) is 29.5 Å². The molecule has 0 unspecified atom stereocenters. The molecular formula is C17H24N6O2. The standard InChI is InChI=1S/C17H24N6O2/c1-3-15-18-5-7-23(15)12-16(24)19-9-13-4-6-22(11-13)14-8-17(25)21(2)20-10-14/h5,7-8,10,13H,3-4,6,9,11-12H2,1-2H3,(H,19,24)/t13-/m0/s1. The van der Waals surface area contributed by atoms with Gasteiger partial charge in [0.2, 0.25) is 5.91 Å². The molecule has 0 saturated carbocycles. The van der Waals surface area contributed by atoms with Crippen LogP contribution in [-0.4, -0.2) is 44.9 Å². The predicted molar refractivity (Wildman–Crippen MR) is 94.4 cm³/mol. The highest BCUT2D eigenvalue weighted by molar-refractivity contribution is 5.75. The SMILES string of the molecule is CCc1nccn1CC(=O)NC[C@@H]1CCN(c2cnn(C)c(=O)c2)C1. The minimum Gasteiger partial charge on any atom is -0.370 e. The van der Waals surface area contributed by atoms with Gasteiger partial charge in [0, 0.05) is 51.6 Å². The molecule has 1 aliphatic heterocycles. The second kappa shape index (κ2) is 7.50. The predicted octanol–water partition coefficient (Wildman–Crippen LogP) is 0.182. The van der Waals surface area contributed by atoms with Crippen molar-refractivity contribution in [3.05, 3.63) is 40.8 Å². The van der Waals surface area contributed by atoms with Crippen LogP contribution in [0.4, 0.5) is 5.69 Å². The van der Waals surface area contributed by atoms with Gasteiger partial charge in [-0.1, -0.05) is 6.92 Å². The van der Waals surface area contributed by atoms with Gasteiger partial charge in [-0.25, -0.2) is 9.67 Å². The molecule has 8 heteroatoms. The number of hydrogen-bond acceptors (Lipinski definition) is 5. The molecule has 1 saturated heterocycles. The molecule has 134 valence electrons. The molecule has 8 nitrogen and oxygen atoms in total. The van der Waals surface area contributed by atoms with Crippen molar-refractivity contribution in [2.45, 2.75) is 26.3 Å². The molecule has 3 rings (SSSR count). The number of anilines is 1. The number of aryl methyl sites for hydroxylation is 2. The van der Waals surface area contributed by atoms with Gasteiger partial charge in [-0.2, -0.15) is 5.10 Å². The first-order valence-electron chi connectivity index (χ1n) is 8.62. The Morgan fingerprint density at radius 2 is 2.28 bits per heavy atom. The summed E-state index contributed by atoms with van der Waals surface area (Å²) in [6, 6.07) is 1.61. The topological polar surface area (TPSA) is 85.1 Å². The lowest BCUT2D eigenvalue weighted by atomic mass is 10.1. The molecule has 1 fully saturated rings. The molecule has 1 N–H and O–H groups in total. The maximum Gasteiger partial charge on any atom is 0.268 e. The van der Waals surface area contributed by atoms with E-state index < -0.39 is 0 Å². The Kier molecular flexibility index (Phi) is 5.16. The van der Waals surface area contributed by atoms with E-state index in [1.54, 1.807) is 25.5 Å². The third-order valence-electron chi connectivity index (χ3n) is 4.62. The molecule has 25 heavy (non-hydrogen) atoms. The molecular weight excluding hydrogens is 320 g/mol. The number of rotatable bonds is 6. The van der Waals surface area contributed by atoms with Crippen LogP contribution in [-0.2, 0) is 24.8 Å². The summed E-state index contributed by atoms with van der Waals surface area (Å²) in [5, 5.41) is 7.08. The van der Waals surface area contributed by atoms with Crippen molar-refractivity contribution in [1.82, 2.24) is 24.6 Å². The normalized spacial score (nSPS) is 17.0. The molecule has 2 aromatic rings. The third kappa shape index (κ3) is 4.07. The van der Waals surface area contributed by atoms with Gasteiger partial charge < -0.3 is 14.8 Å². The number of amides is 1. The summed E-state index contributed by atoms with van der Waals surface area (Å²) in [4.78, 5) is 30.2. The highest BCUT2D eigenvalue weighted by Gasteiger charge is 2.23. The summed E-state index contributed by atoms with van der Waals surface area (Å²) in [5.41, 5.74) is 0.740. The maximum atomic E-state index is 12.1. The molecule has 3 heterocycles. The van der Waals surface area contributed by atoms with E-state index in [1.165, 1.54) is 4.68 Å². The van der Waals surface area contributed by atoms with E-state index in [0.717, 1.165) is 37.4 Å². The lowest BCUT2D eigenvalue weighted by Gasteiger charge is -2.18. The van der Waals surface area contributed by atoms with E-state index in [1.807, 2.05) is 17.7 Å². The van der Waals surface area contributed by atoms with E-state index in [-0.39, 0.29) is 11.5 Å². The van der Waals surface area contributed by atoms with Crippen molar-refractivity contribution in [2.24, 2.45) is 13.0 Å². The third-order valence-corrected chi connectivity index (χ3v) is 4.62. The molecule has 1 atom stereocenters. The van der Waals surface area contributed by atoms with Crippen LogP contribution < -0.4 is 15.8 Å². The number of nitrogens with one attached hydrogen (secondary N) is 1. The zero-order chi connectivity index (χ0) is 17.8. The fourth-order valence-electron chi connectivity index (χ4n) is 3.13. The Morgan fingerprint density at radius 1 is 1.44 bits per heavy atom. The summed E-state index contributed by atoms with van der Waals surface area (Å²) in [5.74, 6) is 1.29. The van der Waals surface area contributed by atoms with Gasteiger partial charge in [0.05, 0.1) is 11.9 Å². The fraction of sp³-hybridized carbons (Fsp3) is 0.529. The minimum atomic E-state index is -0.110. The number of aromatic nitrogens is 4. The van der Waals surface area contributed by atoms with Crippen LogP contribution in [0.1, 0.15) is 19.2 Å². The van der Waals surface area contributed by atoms with E-state index in [9.17, 15) is 9.59 Å². The Bertz CT molecular complexity index is 796. The lowest BCUT2D eigenvalue weighted by Crippen LogP contribution is -2.33. The molecule has 2 aromatic heterocycles. The highest BCUT2D eigenvalue weighted by atomic mass is 16.2. The van der Waals surface area contributed by atoms with Crippen molar-refractivity contribution < 1.29 is 4.79 Å². The average Bonchev–Trinajstić information content (AvgIpc) is 3.24. The van der Waals surface area contributed by atoms with E-state index >= 15 is 0 Å². The molecule has 0 aromatic carbocycles. The van der Waals surface area contributed by atoms with Crippen LogP contribution in [0.25, 0.3) is 0 Å². The van der Waals surface area contributed by atoms with Gasteiger partial charge in [-0.15, -0.1) is 0 Å². The van der Waals surface area contributed by atoms with Crippen molar-refractivity contribution in [3.8, 4) is 0 Å². The van der Waals surface area contributed by atoms with Gasteiger partial charge >= 0.3 is 0 Å². The number of carbonyl (C=O) groups is 1. The highest BCUT2D eigenvalue weighted by Crippen LogP contribution is 2.21. The van der Waals surface area contributed by atoms with Crippen LogP contribution >= 0.6 is 0 Å². The largest absolute Gasteiger partial charge is 0.370 e. The van der Waals surface area contributed by atoms with Crippen LogP contribution in [0.3, 0.4) is 0 Å². The quantitative estimate of drug-likeness (QED) is 0.808. The summed E-state index contributed by atoms with van der Waals surface area (Å²) in [6.45, 7) is 4.66. The number of imidazole rings is 1. The molecule has 1 amide bonds. The van der Waals surface area contributed by atoms with E-state index in [2.05, 4.69) is 20.3 Å². The number of nitrogens with zero attached hydrogens (tertiary/aromatic N) is 5.